The Morgan fingerprint density at radius 1 is 0.763 bits per heavy atom. The molecule has 6 N–H and O–H groups in total. The summed E-state index contributed by atoms with van der Waals surface area (Å²) >= 11 is 0. The van der Waals surface area contributed by atoms with Crippen molar-refractivity contribution in [2.75, 3.05) is 26.9 Å². The number of hydrogen-bond donors (Lipinski definition) is 6. The molecule has 0 spiro atoms. The van der Waals surface area contributed by atoms with Gasteiger partial charge in [-0.2, -0.15) is 0 Å². The Bertz CT molecular complexity index is 532. The van der Waals surface area contributed by atoms with Crippen LogP contribution in [0.25, 0.3) is 0 Å². The second kappa shape index (κ2) is 25.1. The summed E-state index contributed by atoms with van der Waals surface area (Å²) in [5.74, 6) is -0.424. The quantitative estimate of drug-likeness (QED) is 0.0920. The number of rotatable bonds is 21. The maximum atomic E-state index is 12.1. The van der Waals surface area contributed by atoms with Crippen LogP contribution in [0.4, 0.5) is 0 Å². The highest BCUT2D eigenvalue weighted by Crippen LogP contribution is 2.24. The summed E-state index contributed by atoms with van der Waals surface area (Å²) in [4.78, 5) is 12.1. The maximum Gasteiger partial charge on any atom is 0.308 e. The molecule has 0 unspecified atom stereocenters. The molecule has 5 atom stereocenters. The molecule has 1 saturated heterocycles. The molecule has 0 aromatic carbocycles. The fraction of sp³-hybridized carbons (Fsp3) is 0.964. The first-order valence-corrected chi connectivity index (χ1v) is 14.6. The van der Waals surface area contributed by atoms with Crippen LogP contribution in [0, 0.1) is 0 Å². The minimum Gasteiger partial charge on any atom is -0.433 e. The minimum atomic E-state index is -1.30. The number of unbranched alkanes of at least 4 members (excludes halogenated alkanes) is 14. The lowest BCUT2D eigenvalue weighted by atomic mass is 9.99. The van der Waals surface area contributed by atoms with E-state index < -0.39 is 49.4 Å². The van der Waals surface area contributed by atoms with Gasteiger partial charge in [0.15, 0.2) is 0 Å². The average Bonchev–Trinajstić information content (AvgIpc) is 2.92. The van der Waals surface area contributed by atoms with Crippen molar-refractivity contribution in [1.82, 2.24) is 0 Å². The zero-order valence-electron chi connectivity index (χ0n) is 23.7. The molecule has 10 heteroatoms. The van der Waals surface area contributed by atoms with Crippen LogP contribution in [-0.4, -0.2) is 100 Å². The number of esters is 1. The summed E-state index contributed by atoms with van der Waals surface area (Å²) in [5.41, 5.74) is 0. The molecule has 1 heterocycles. The minimum absolute atomic E-state index is 0.275. The lowest BCUT2D eigenvalue weighted by Gasteiger charge is -2.40. The molecular weight excluding hydrogens is 496 g/mol. The topological polar surface area (TPSA) is 166 Å². The van der Waals surface area contributed by atoms with E-state index in [1.165, 1.54) is 84.2 Å². The number of ether oxygens (including phenoxy) is 3. The second-order valence-corrected chi connectivity index (χ2v) is 10.1. The Balaban J connectivity index is 0.00000203. The molecule has 1 aliphatic rings. The van der Waals surface area contributed by atoms with E-state index in [2.05, 4.69) is 6.92 Å². The van der Waals surface area contributed by atoms with Crippen LogP contribution in [0.2, 0.25) is 0 Å². The number of methoxy groups -OCH3 is 1. The van der Waals surface area contributed by atoms with Gasteiger partial charge in [0.05, 0.1) is 19.8 Å². The summed E-state index contributed by atoms with van der Waals surface area (Å²) in [7, 11) is 1.35. The zero-order chi connectivity index (χ0) is 28.6. The van der Waals surface area contributed by atoms with Crippen molar-refractivity contribution in [2.45, 2.75) is 146 Å². The zero-order valence-corrected chi connectivity index (χ0v) is 23.7. The summed E-state index contributed by atoms with van der Waals surface area (Å²) in [6.07, 6.45) is 12.5. The number of aliphatic hydroxyl groups is 6. The molecule has 0 amide bonds. The number of carbonyl (C=O) groups is 1. The third-order valence-electron chi connectivity index (χ3n) is 6.75. The van der Waals surface area contributed by atoms with Crippen LogP contribution in [0.3, 0.4) is 0 Å². The van der Waals surface area contributed by atoms with Crippen LogP contribution in [-0.2, 0) is 19.0 Å². The van der Waals surface area contributed by atoms with E-state index in [1.54, 1.807) is 0 Å². The Morgan fingerprint density at radius 2 is 1.21 bits per heavy atom. The van der Waals surface area contributed by atoms with Gasteiger partial charge < -0.3 is 44.8 Å². The summed E-state index contributed by atoms with van der Waals surface area (Å²) < 4.78 is 15.8. The van der Waals surface area contributed by atoms with Crippen molar-refractivity contribution in [3.63, 3.8) is 0 Å². The fourth-order valence-electron chi connectivity index (χ4n) is 4.29. The molecular formula is C28H56O10. The molecule has 1 aliphatic heterocycles. The lowest BCUT2D eigenvalue weighted by Crippen LogP contribution is -2.60. The largest absolute Gasteiger partial charge is 0.433 e. The van der Waals surface area contributed by atoms with Gasteiger partial charge >= 0.3 is 5.97 Å². The van der Waals surface area contributed by atoms with E-state index in [1.807, 2.05) is 0 Å². The van der Waals surface area contributed by atoms with Crippen molar-refractivity contribution < 1.29 is 49.6 Å². The van der Waals surface area contributed by atoms with Gasteiger partial charge in [0.25, 0.3) is 0 Å². The Morgan fingerprint density at radius 3 is 1.58 bits per heavy atom. The van der Waals surface area contributed by atoms with Gasteiger partial charge in [-0.15, -0.1) is 0 Å². The van der Waals surface area contributed by atoms with Gasteiger partial charge in [0.1, 0.15) is 30.5 Å². The second-order valence-electron chi connectivity index (χ2n) is 10.1. The molecule has 0 saturated carbocycles. The molecule has 228 valence electrons. The van der Waals surface area contributed by atoms with Gasteiger partial charge in [0.2, 0.25) is 6.29 Å². The van der Waals surface area contributed by atoms with Crippen molar-refractivity contribution in [1.29, 1.82) is 0 Å². The highest BCUT2D eigenvalue weighted by atomic mass is 16.7. The van der Waals surface area contributed by atoms with Gasteiger partial charge in [-0.25, -0.2) is 0 Å². The molecule has 1 rings (SSSR count). The van der Waals surface area contributed by atoms with Gasteiger partial charge in [-0.1, -0.05) is 96.8 Å². The average molecular weight is 553 g/mol. The lowest BCUT2D eigenvalue weighted by molar-refractivity contribution is -0.297. The van der Waals surface area contributed by atoms with E-state index in [9.17, 15) is 20.1 Å². The molecule has 0 bridgehead atoms. The smallest absolute Gasteiger partial charge is 0.308 e. The van der Waals surface area contributed by atoms with E-state index in [-0.39, 0.29) is 19.6 Å². The normalized spacial score (nSPS) is 23.2. The predicted octanol–water partition coefficient (Wildman–Crippen LogP) is 2.58. The SMILES string of the molecule is CCCCCCCCCCCCCCCCCC(=O)O[C@@H]1O[C@H](CO)[C@@H](O)[C@H](O)[C@H]1OC.OCC(O)CO. The summed E-state index contributed by atoms with van der Waals surface area (Å²) in [6.45, 7) is 1.04. The first kappa shape index (κ1) is 37.1. The van der Waals surface area contributed by atoms with E-state index in [4.69, 9.17) is 29.5 Å². The van der Waals surface area contributed by atoms with Gasteiger partial charge in [0, 0.05) is 13.5 Å². The summed E-state index contributed by atoms with van der Waals surface area (Å²) in [5, 5.41) is 53.3. The molecule has 10 nitrogen and oxygen atoms in total. The molecule has 0 aliphatic carbocycles. The van der Waals surface area contributed by atoms with Crippen LogP contribution in [0.1, 0.15) is 110 Å². The Labute approximate surface area is 229 Å². The van der Waals surface area contributed by atoms with Crippen molar-refractivity contribution in [3.05, 3.63) is 0 Å². The summed E-state index contributed by atoms with van der Waals surface area (Å²) in [6, 6.07) is 0. The van der Waals surface area contributed by atoms with Crippen LogP contribution >= 0.6 is 0 Å². The van der Waals surface area contributed by atoms with Gasteiger partial charge in [-0.05, 0) is 6.42 Å². The molecule has 1 fully saturated rings. The maximum absolute atomic E-state index is 12.1. The number of aliphatic hydroxyl groups excluding tert-OH is 6. The van der Waals surface area contributed by atoms with E-state index in [0.29, 0.717) is 0 Å². The van der Waals surface area contributed by atoms with Crippen LogP contribution < -0.4 is 0 Å². The third-order valence-corrected chi connectivity index (χ3v) is 6.75. The molecule has 0 radical (unpaired) electrons. The Kier molecular flexibility index (Phi) is 24.6. The highest BCUT2D eigenvalue weighted by molar-refractivity contribution is 5.69. The number of hydrogen-bond acceptors (Lipinski definition) is 10. The number of carbonyl (C=O) groups excluding carboxylic acids is 1. The first-order valence-electron chi connectivity index (χ1n) is 14.6. The predicted molar refractivity (Wildman–Crippen MR) is 144 cm³/mol. The monoisotopic (exact) mass is 552 g/mol. The van der Waals surface area contributed by atoms with Crippen molar-refractivity contribution in [3.8, 4) is 0 Å². The fourth-order valence-corrected chi connectivity index (χ4v) is 4.29. The Hall–Kier alpha value is -0.850. The van der Waals surface area contributed by atoms with Crippen LogP contribution in [0.15, 0.2) is 0 Å². The molecule has 38 heavy (non-hydrogen) atoms. The molecule has 0 aromatic heterocycles. The van der Waals surface area contributed by atoms with E-state index in [0.717, 1.165) is 19.3 Å². The standard InChI is InChI=1S/C25H48O7.C3H8O3/c1-3-4-5-6-7-8-9-10-11-12-13-14-15-16-17-18-21(27)32-25-24(30-2)23(29)22(28)20(19-26)31-25;4-1-3(6)2-5/h20,22-26,28-29H,3-19H2,1-2H3;3-6H,1-2H2/t20-,22-,23+,24-,25+;/m1./s1. The van der Waals surface area contributed by atoms with Crippen molar-refractivity contribution >= 4 is 5.97 Å². The van der Waals surface area contributed by atoms with Crippen LogP contribution in [0.5, 0.6) is 0 Å². The third kappa shape index (κ3) is 17.7. The highest BCUT2D eigenvalue weighted by Gasteiger charge is 2.46. The molecule has 0 aromatic rings. The van der Waals surface area contributed by atoms with Crippen molar-refractivity contribution in [2.24, 2.45) is 0 Å². The first-order chi connectivity index (χ1) is 18.4. The van der Waals surface area contributed by atoms with Gasteiger partial charge in [-0.3, -0.25) is 4.79 Å². The van der Waals surface area contributed by atoms with E-state index >= 15 is 0 Å².